The van der Waals surface area contributed by atoms with Gasteiger partial charge in [-0.3, -0.25) is 0 Å². The second-order valence-corrected chi connectivity index (χ2v) is 4.79. The summed E-state index contributed by atoms with van der Waals surface area (Å²) in [4.78, 5) is 8.63. The van der Waals surface area contributed by atoms with Gasteiger partial charge in [-0.05, 0) is 11.6 Å². The van der Waals surface area contributed by atoms with Crippen LogP contribution in [0.5, 0.6) is 11.5 Å². The van der Waals surface area contributed by atoms with Crippen LogP contribution in [-0.4, -0.2) is 24.2 Å². The standard InChI is InChI=1S/C17H17N3O2.ClH/c1-21-15-8-13-14(9-16(15)22-2)19-11-20-17(13)18-10-12-6-4-3-5-7-12;/h3-9,11H,10H2,1-2H3,(H,18,19,20);1H. The van der Waals surface area contributed by atoms with Crippen LogP contribution in [0.25, 0.3) is 10.9 Å². The number of anilines is 1. The van der Waals surface area contributed by atoms with Crippen LogP contribution in [0.1, 0.15) is 5.56 Å². The monoisotopic (exact) mass is 331 g/mol. The van der Waals surface area contributed by atoms with Gasteiger partial charge in [0.2, 0.25) is 0 Å². The van der Waals surface area contributed by atoms with E-state index in [0.717, 1.165) is 16.7 Å². The van der Waals surface area contributed by atoms with Crippen molar-refractivity contribution in [3.63, 3.8) is 0 Å². The molecule has 1 N–H and O–H groups in total. The summed E-state index contributed by atoms with van der Waals surface area (Å²) in [7, 11) is 3.23. The Morgan fingerprint density at radius 2 is 1.65 bits per heavy atom. The predicted molar refractivity (Wildman–Crippen MR) is 93.7 cm³/mol. The van der Waals surface area contributed by atoms with Gasteiger partial charge in [0, 0.05) is 18.0 Å². The lowest BCUT2D eigenvalue weighted by molar-refractivity contribution is 0.356. The van der Waals surface area contributed by atoms with E-state index in [-0.39, 0.29) is 12.4 Å². The molecule has 23 heavy (non-hydrogen) atoms. The number of ether oxygens (including phenoxy) is 2. The van der Waals surface area contributed by atoms with Crippen molar-refractivity contribution in [1.82, 2.24) is 9.97 Å². The first kappa shape index (κ1) is 16.8. The highest BCUT2D eigenvalue weighted by Gasteiger charge is 2.10. The first-order chi connectivity index (χ1) is 10.8. The maximum absolute atomic E-state index is 5.35. The lowest BCUT2D eigenvalue weighted by atomic mass is 10.2. The number of nitrogens with one attached hydrogen (secondary N) is 1. The average Bonchev–Trinajstić information content (AvgIpc) is 2.59. The van der Waals surface area contributed by atoms with Crippen molar-refractivity contribution in [3.05, 3.63) is 54.4 Å². The third-order valence-electron chi connectivity index (χ3n) is 3.44. The smallest absolute Gasteiger partial charge is 0.162 e. The van der Waals surface area contributed by atoms with E-state index in [9.17, 15) is 0 Å². The fourth-order valence-electron chi connectivity index (χ4n) is 2.31. The van der Waals surface area contributed by atoms with Crippen LogP contribution in [0.4, 0.5) is 5.82 Å². The van der Waals surface area contributed by atoms with E-state index < -0.39 is 0 Å². The summed E-state index contributed by atoms with van der Waals surface area (Å²) >= 11 is 0. The molecule has 0 aliphatic rings. The normalized spacial score (nSPS) is 10.0. The number of fused-ring (bicyclic) bond motifs is 1. The molecule has 0 saturated heterocycles. The van der Waals surface area contributed by atoms with Crippen LogP contribution in [0, 0.1) is 0 Å². The number of aromatic nitrogens is 2. The Morgan fingerprint density at radius 1 is 0.957 bits per heavy atom. The molecule has 0 radical (unpaired) electrons. The Kier molecular flexibility index (Phi) is 5.60. The number of nitrogens with zero attached hydrogens (tertiary/aromatic N) is 2. The zero-order chi connectivity index (χ0) is 15.4. The van der Waals surface area contributed by atoms with Crippen LogP contribution in [0.2, 0.25) is 0 Å². The van der Waals surface area contributed by atoms with E-state index in [1.807, 2.05) is 30.3 Å². The van der Waals surface area contributed by atoms with Gasteiger partial charge in [0.05, 0.1) is 19.7 Å². The van der Waals surface area contributed by atoms with Crippen molar-refractivity contribution in [1.29, 1.82) is 0 Å². The minimum Gasteiger partial charge on any atom is -0.493 e. The Hall–Kier alpha value is -2.53. The number of halogens is 1. The average molecular weight is 332 g/mol. The van der Waals surface area contributed by atoms with E-state index >= 15 is 0 Å². The van der Waals surface area contributed by atoms with Crippen LogP contribution in [0.15, 0.2) is 48.8 Å². The minimum atomic E-state index is 0. The lowest BCUT2D eigenvalue weighted by Gasteiger charge is -2.12. The molecule has 3 rings (SSSR count). The molecule has 0 atom stereocenters. The molecule has 1 heterocycles. The van der Waals surface area contributed by atoms with Gasteiger partial charge in [-0.15, -0.1) is 12.4 Å². The fraction of sp³-hybridized carbons (Fsp3) is 0.176. The van der Waals surface area contributed by atoms with Crippen LogP contribution in [0.3, 0.4) is 0 Å². The summed E-state index contributed by atoms with van der Waals surface area (Å²) < 4.78 is 10.7. The summed E-state index contributed by atoms with van der Waals surface area (Å²) in [5.74, 6) is 2.09. The van der Waals surface area contributed by atoms with Crippen LogP contribution in [-0.2, 0) is 6.54 Å². The van der Waals surface area contributed by atoms with Crippen molar-refractivity contribution in [2.24, 2.45) is 0 Å². The van der Waals surface area contributed by atoms with Crippen LogP contribution >= 0.6 is 12.4 Å². The number of hydrogen-bond donors (Lipinski definition) is 1. The number of hydrogen-bond acceptors (Lipinski definition) is 5. The van der Waals surface area contributed by atoms with Crippen LogP contribution < -0.4 is 14.8 Å². The second-order valence-electron chi connectivity index (χ2n) is 4.79. The molecule has 0 saturated carbocycles. The SMILES string of the molecule is COc1cc2ncnc(NCc3ccccc3)c2cc1OC.Cl. The largest absolute Gasteiger partial charge is 0.493 e. The van der Waals surface area contributed by atoms with Crippen molar-refractivity contribution in [3.8, 4) is 11.5 Å². The fourth-order valence-corrected chi connectivity index (χ4v) is 2.31. The van der Waals surface area contributed by atoms with E-state index in [0.29, 0.717) is 18.0 Å². The first-order valence-electron chi connectivity index (χ1n) is 6.96. The zero-order valence-electron chi connectivity index (χ0n) is 12.9. The molecule has 6 heteroatoms. The van der Waals surface area contributed by atoms with Crippen molar-refractivity contribution in [2.75, 3.05) is 19.5 Å². The molecule has 3 aromatic rings. The lowest BCUT2D eigenvalue weighted by Crippen LogP contribution is -2.03. The molecule has 0 fully saturated rings. The van der Waals surface area contributed by atoms with E-state index in [1.165, 1.54) is 5.56 Å². The van der Waals surface area contributed by atoms with Crippen molar-refractivity contribution < 1.29 is 9.47 Å². The van der Waals surface area contributed by atoms with Gasteiger partial charge in [-0.1, -0.05) is 30.3 Å². The predicted octanol–water partition coefficient (Wildman–Crippen LogP) is 3.68. The molecule has 120 valence electrons. The molecule has 0 aliphatic heterocycles. The summed E-state index contributed by atoms with van der Waals surface area (Å²) in [6, 6.07) is 13.9. The zero-order valence-corrected chi connectivity index (χ0v) is 13.8. The highest BCUT2D eigenvalue weighted by Crippen LogP contribution is 2.33. The highest BCUT2D eigenvalue weighted by atomic mass is 35.5. The van der Waals surface area contributed by atoms with Gasteiger partial charge in [0.1, 0.15) is 12.1 Å². The molecular formula is C17H18ClN3O2. The molecule has 0 unspecified atom stereocenters. The Morgan fingerprint density at radius 3 is 2.35 bits per heavy atom. The maximum Gasteiger partial charge on any atom is 0.162 e. The third-order valence-corrected chi connectivity index (χ3v) is 3.44. The summed E-state index contributed by atoms with van der Waals surface area (Å²) in [5, 5.41) is 4.24. The van der Waals surface area contributed by atoms with E-state index in [4.69, 9.17) is 9.47 Å². The van der Waals surface area contributed by atoms with Gasteiger partial charge >= 0.3 is 0 Å². The topological polar surface area (TPSA) is 56.3 Å². The third kappa shape index (κ3) is 3.63. The first-order valence-corrected chi connectivity index (χ1v) is 6.96. The molecule has 0 amide bonds. The van der Waals surface area contributed by atoms with Gasteiger partial charge in [-0.25, -0.2) is 9.97 Å². The molecule has 2 aromatic carbocycles. The Bertz CT molecular complexity index is 781. The van der Waals surface area contributed by atoms with Crippen molar-refractivity contribution in [2.45, 2.75) is 6.54 Å². The number of methoxy groups -OCH3 is 2. The molecule has 1 aromatic heterocycles. The van der Waals surface area contributed by atoms with E-state index in [2.05, 4.69) is 27.4 Å². The molecular weight excluding hydrogens is 314 g/mol. The second kappa shape index (κ2) is 7.65. The van der Waals surface area contributed by atoms with Gasteiger partial charge < -0.3 is 14.8 Å². The molecule has 0 aliphatic carbocycles. The van der Waals surface area contributed by atoms with Gasteiger partial charge in [0.25, 0.3) is 0 Å². The Labute approximate surface area is 141 Å². The number of rotatable bonds is 5. The highest BCUT2D eigenvalue weighted by molar-refractivity contribution is 5.91. The van der Waals surface area contributed by atoms with Gasteiger partial charge in [0.15, 0.2) is 11.5 Å². The minimum absolute atomic E-state index is 0. The summed E-state index contributed by atoms with van der Waals surface area (Å²) in [6.07, 6.45) is 1.54. The maximum atomic E-state index is 5.35. The van der Waals surface area contributed by atoms with Crippen molar-refractivity contribution >= 4 is 29.1 Å². The molecule has 0 spiro atoms. The quantitative estimate of drug-likeness (QED) is 0.773. The Balaban J connectivity index is 0.00000192. The molecule has 5 nitrogen and oxygen atoms in total. The van der Waals surface area contributed by atoms with Gasteiger partial charge in [-0.2, -0.15) is 0 Å². The summed E-state index contributed by atoms with van der Waals surface area (Å²) in [6.45, 7) is 0.696. The summed E-state index contributed by atoms with van der Waals surface area (Å²) in [5.41, 5.74) is 2.00. The molecule has 0 bridgehead atoms. The van der Waals surface area contributed by atoms with E-state index in [1.54, 1.807) is 20.5 Å². The number of benzene rings is 2.